The van der Waals surface area contributed by atoms with Crippen LogP contribution in [0, 0.1) is 19.8 Å². The van der Waals surface area contributed by atoms with Crippen molar-refractivity contribution in [3.05, 3.63) is 129 Å². The molecule has 2 aliphatic rings. The third-order valence-electron chi connectivity index (χ3n) is 7.97. The number of hydrogen-bond acceptors (Lipinski definition) is 4. The molecule has 0 spiro atoms. The Morgan fingerprint density at radius 2 is 1.71 bits per heavy atom. The van der Waals surface area contributed by atoms with Gasteiger partial charge in [0.15, 0.2) is 11.5 Å². The molecule has 0 aromatic heterocycles. The SMILES string of the molecule is CCOc1cc(C=Nc2ccc([C@@H]3Nc4ccc(C)cc4[C@H]4C=CC[C@@H]43)cc2)cc(Br)c1OCc1ccc(C)cc1. The minimum atomic E-state index is 0.278. The summed E-state index contributed by atoms with van der Waals surface area (Å²) in [7, 11) is 0. The first-order valence-corrected chi connectivity index (χ1v) is 15.1. The van der Waals surface area contributed by atoms with E-state index in [2.05, 4.69) is 114 Å². The zero-order valence-corrected chi connectivity index (χ0v) is 25.3. The molecule has 41 heavy (non-hydrogen) atoms. The van der Waals surface area contributed by atoms with Gasteiger partial charge in [0.25, 0.3) is 0 Å². The smallest absolute Gasteiger partial charge is 0.175 e. The van der Waals surface area contributed by atoms with Crippen molar-refractivity contribution in [2.45, 2.75) is 45.8 Å². The summed E-state index contributed by atoms with van der Waals surface area (Å²) in [4.78, 5) is 4.77. The molecule has 0 saturated carbocycles. The summed E-state index contributed by atoms with van der Waals surface area (Å²) in [5.74, 6) is 2.39. The van der Waals surface area contributed by atoms with Crippen LogP contribution in [0.4, 0.5) is 11.4 Å². The lowest BCUT2D eigenvalue weighted by Crippen LogP contribution is -2.29. The lowest BCUT2D eigenvalue weighted by Gasteiger charge is -2.37. The van der Waals surface area contributed by atoms with Gasteiger partial charge in [0.1, 0.15) is 6.61 Å². The second-order valence-electron chi connectivity index (χ2n) is 11.0. The molecule has 1 N–H and O–H groups in total. The second kappa shape index (κ2) is 12.0. The fourth-order valence-corrected chi connectivity index (χ4v) is 6.44. The molecule has 0 amide bonds. The van der Waals surface area contributed by atoms with Crippen molar-refractivity contribution in [2.24, 2.45) is 10.9 Å². The van der Waals surface area contributed by atoms with Crippen molar-refractivity contribution in [2.75, 3.05) is 11.9 Å². The van der Waals surface area contributed by atoms with Gasteiger partial charge in [-0.15, -0.1) is 0 Å². The van der Waals surface area contributed by atoms with Crippen molar-refractivity contribution < 1.29 is 9.47 Å². The van der Waals surface area contributed by atoms with Crippen LogP contribution in [0.5, 0.6) is 11.5 Å². The number of aryl methyl sites for hydroxylation is 2. The molecular weight excluding hydrogens is 572 g/mol. The van der Waals surface area contributed by atoms with Crippen LogP contribution in [0.1, 0.15) is 58.7 Å². The lowest BCUT2D eigenvalue weighted by molar-refractivity contribution is 0.267. The maximum atomic E-state index is 6.17. The number of aliphatic imine (C=N–C) groups is 1. The number of anilines is 1. The molecule has 3 atom stereocenters. The summed E-state index contributed by atoms with van der Waals surface area (Å²) in [6, 6.07) is 28.0. The summed E-state index contributed by atoms with van der Waals surface area (Å²) >= 11 is 3.69. The van der Waals surface area contributed by atoms with E-state index in [1.165, 1.54) is 27.9 Å². The van der Waals surface area contributed by atoms with Crippen LogP contribution in [0.25, 0.3) is 0 Å². The molecule has 1 aliphatic heterocycles. The normalized spacial score (nSPS) is 19.1. The highest BCUT2D eigenvalue weighted by atomic mass is 79.9. The van der Waals surface area contributed by atoms with E-state index in [1.54, 1.807) is 0 Å². The molecule has 0 unspecified atom stereocenters. The predicted molar refractivity (Wildman–Crippen MR) is 172 cm³/mol. The average molecular weight is 608 g/mol. The third kappa shape index (κ3) is 5.96. The Morgan fingerprint density at radius 1 is 0.927 bits per heavy atom. The van der Waals surface area contributed by atoms with Crippen molar-refractivity contribution in [3.63, 3.8) is 0 Å². The third-order valence-corrected chi connectivity index (χ3v) is 8.56. The summed E-state index contributed by atoms with van der Waals surface area (Å²) in [6.45, 7) is 7.25. The Hall–Kier alpha value is -3.83. The highest BCUT2D eigenvalue weighted by molar-refractivity contribution is 9.10. The van der Waals surface area contributed by atoms with Crippen LogP contribution in [-0.4, -0.2) is 12.8 Å². The highest BCUT2D eigenvalue weighted by Gasteiger charge is 2.37. The van der Waals surface area contributed by atoms with Crippen molar-refractivity contribution >= 4 is 33.5 Å². The number of ether oxygens (including phenoxy) is 2. The molecule has 1 heterocycles. The van der Waals surface area contributed by atoms with Gasteiger partial charge in [-0.05, 0) is 102 Å². The molecule has 6 rings (SSSR count). The van der Waals surface area contributed by atoms with Gasteiger partial charge >= 0.3 is 0 Å². The number of hydrogen-bond donors (Lipinski definition) is 1. The van der Waals surface area contributed by atoms with E-state index in [1.807, 2.05) is 25.3 Å². The first kappa shape index (κ1) is 27.3. The van der Waals surface area contributed by atoms with Crippen molar-refractivity contribution in [1.82, 2.24) is 0 Å². The van der Waals surface area contributed by atoms with Gasteiger partial charge in [-0.1, -0.05) is 71.8 Å². The summed E-state index contributed by atoms with van der Waals surface area (Å²) in [5.41, 5.74) is 9.47. The van der Waals surface area contributed by atoms with E-state index in [4.69, 9.17) is 14.5 Å². The van der Waals surface area contributed by atoms with Crippen LogP contribution in [0.3, 0.4) is 0 Å². The van der Waals surface area contributed by atoms with Gasteiger partial charge < -0.3 is 14.8 Å². The molecular formula is C36H35BrN2O2. The number of allylic oxidation sites excluding steroid dienone is 2. The maximum absolute atomic E-state index is 6.17. The quantitative estimate of drug-likeness (QED) is 0.160. The number of benzene rings is 4. The Morgan fingerprint density at radius 3 is 2.49 bits per heavy atom. The van der Waals surface area contributed by atoms with E-state index in [-0.39, 0.29) is 6.04 Å². The number of halogens is 1. The number of fused-ring (bicyclic) bond motifs is 3. The van der Waals surface area contributed by atoms with Gasteiger partial charge in [0.2, 0.25) is 0 Å². The highest BCUT2D eigenvalue weighted by Crippen LogP contribution is 2.50. The molecule has 5 heteroatoms. The minimum Gasteiger partial charge on any atom is -0.490 e. The largest absolute Gasteiger partial charge is 0.490 e. The summed E-state index contributed by atoms with van der Waals surface area (Å²) < 4.78 is 12.9. The molecule has 208 valence electrons. The van der Waals surface area contributed by atoms with E-state index < -0.39 is 0 Å². The number of nitrogens with zero attached hydrogens (tertiary/aromatic N) is 1. The average Bonchev–Trinajstić information content (AvgIpc) is 3.47. The Bertz CT molecular complexity index is 1590. The molecule has 0 saturated heterocycles. The van der Waals surface area contributed by atoms with Crippen LogP contribution in [0.2, 0.25) is 0 Å². The fourth-order valence-electron chi connectivity index (χ4n) is 5.87. The number of rotatable bonds is 8. The molecule has 0 bridgehead atoms. The monoisotopic (exact) mass is 606 g/mol. The van der Waals surface area contributed by atoms with E-state index in [0.717, 1.165) is 27.7 Å². The van der Waals surface area contributed by atoms with Gasteiger partial charge in [-0.3, -0.25) is 4.99 Å². The van der Waals surface area contributed by atoms with Crippen LogP contribution in [-0.2, 0) is 6.61 Å². The topological polar surface area (TPSA) is 42.8 Å². The maximum Gasteiger partial charge on any atom is 0.175 e. The zero-order chi connectivity index (χ0) is 28.3. The van der Waals surface area contributed by atoms with Crippen LogP contribution < -0.4 is 14.8 Å². The van der Waals surface area contributed by atoms with Gasteiger partial charge in [0, 0.05) is 17.8 Å². The Labute approximate surface area is 251 Å². The van der Waals surface area contributed by atoms with E-state index >= 15 is 0 Å². The van der Waals surface area contributed by atoms with Crippen molar-refractivity contribution in [1.29, 1.82) is 0 Å². The molecule has 4 aromatic carbocycles. The Kier molecular flexibility index (Phi) is 7.97. The molecule has 0 fully saturated rings. The van der Waals surface area contributed by atoms with Crippen molar-refractivity contribution in [3.8, 4) is 11.5 Å². The molecule has 0 radical (unpaired) electrons. The fraction of sp³-hybridized carbons (Fsp3) is 0.250. The number of nitrogens with one attached hydrogen (secondary N) is 1. The van der Waals surface area contributed by atoms with Gasteiger partial charge in [0.05, 0.1) is 22.8 Å². The summed E-state index contributed by atoms with van der Waals surface area (Å²) in [6.07, 6.45) is 7.70. The van der Waals surface area contributed by atoms with E-state index in [9.17, 15) is 0 Å². The lowest BCUT2D eigenvalue weighted by atomic mass is 9.76. The van der Waals surface area contributed by atoms with Crippen LogP contribution >= 0.6 is 15.9 Å². The second-order valence-corrected chi connectivity index (χ2v) is 11.8. The summed E-state index contributed by atoms with van der Waals surface area (Å²) in [5, 5.41) is 3.83. The zero-order valence-electron chi connectivity index (χ0n) is 23.7. The minimum absolute atomic E-state index is 0.278. The Balaban J connectivity index is 1.17. The van der Waals surface area contributed by atoms with Gasteiger partial charge in [-0.25, -0.2) is 0 Å². The standard InChI is InChI=1S/C36H35BrN2O2/c1-4-40-34-20-26(19-32(37)36(34)41-22-25-11-8-23(2)9-12-25)21-38-28-15-13-27(14-16-28)35-30-7-5-6-29(30)31-18-24(3)10-17-33(31)39-35/h5-6,8-21,29-30,35,39H,4,7,22H2,1-3H3/t29-,30-,35-/m0/s1. The molecule has 1 aliphatic carbocycles. The van der Waals surface area contributed by atoms with Crippen LogP contribution in [0.15, 0.2) is 100 Å². The first-order chi connectivity index (χ1) is 20.0. The predicted octanol–water partition coefficient (Wildman–Crippen LogP) is 9.62. The van der Waals surface area contributed by atoms with Gasteiger partial charge in [-0.2, -0.15) is 0 Å². The molecule has 4 aromatic rings. The molecule has 4 nitrogen and oxygen atoms in total. The van der Waals surface area contributed by atoms with E-state index in [0.29, 0.717) is 36.5 Å². The first-order valence-electron chi connectivity index (χ1n) is 14.3.